The molecule has 0 saturated heterocycles. The molecular formula is C31H62ClO2P. The van der Waals surface area contributed by atoms with Gasteiger partial charge in [-0.15, -0.1) is 0 Å². The van der Waals surface area contributed by atoms with Crippen LogP contribution in [-0.4, -0.2) is 37.2 Å². The minimum atomic E-state index is -2.34. The molecule has 0 atom stereocenters. The second kappa shape index (κ2) is 22.0. The van der Waals surface area contributed by atoms with Crippen LogP contribution in [0.4, 0.5) is 0 Å². The summed E-state index contributed by atoms with van der Waals surface area (Å²) in [5.74, 6) is -2.60. The Labute approximate surface area is 225 Å². The molecule has 0 aromatic carbocycles. The van der Waals surface area contributed by atoms with Crippen LogP contribution in [0.1, 0.15) is 150 Å². The summed E-state index contributed by atoms with van der Waals surface area (Å²) in [6, 6.07) is 0. The van der Waals surface area contributed by atoms with Crippen LogP contribution in [0, 0.1) is 0 Å². The van der Waals surface area contributed by atoms with Crippen molar-refractivity contribution in [1.82, 2.24) is 0 Å². The molecule has 0 spiro atoms. The van der Waals surface area contributed by atoms with E-state index in [9.17, 15) is 4.79 Å². The summed E-state index contributed by atoms with van der Waals surface area (Å²) in [4.78, 5) is 11.9. The standard InChI is InChI=1S/C31H62ClO2P/c1-6-9-12-15-18-21-26-35(32,27-22-19-16-13-10-7-2,28-23-20-17-14-11-8-3)29-24-25-34-31(33)30(4)5/h4,6-29H2,1-3,5H3. The number of halogens is 1. The van der Waals surface area contributed by atoms with Crippen molar-refractivity contribution in [3.63, 3.8) is 0 Å². The molecule has 2 nitrogen and oxygen atoms in total. The van der Waals surface area contributed by atoms with Crippen LogP contribution in [-0.2, 0) is 9.53 Å². The zero-order valence-electron chi connectivity index (χ0n) is 24.3. The van der Waals surface area contributed by atoms with Gasteiger partial charge < -0.3 is 0 Å². The van der Waals surface area contributed by atoms with E-state index in [1.54, 1.807) is 6.92 Å². The molecule has 35 heavy (non-hydrogen) atoms. The first kappa shape index (κ1) is 34.9. The van der Waals surface area contributed by atoms with Crippen molar-refractivity contribution in [2.75, 3.05) is 31.3 Å². The van der Waals surface area contributed by atoms with Gasteiger partial charge >= 0.3 is 226 Å². The normalized spacial score (nSPS) is 12.9. The Balaban J connectivity index is 5.16. The van der Waals surface area contributed by atoms with Crippen molar-refractivity contribution >= 4 is 23.2 Å². The Hall–Kier alpha value is -0.0700. The van der Waals surface area contributed by atoms with E-state index >= 15 is 0 Å². The van der Waals surface area contributed by atoms with Gasteiger partial charge in [0.05, 0.1) is 0 Å². The van der Waals surface area contributed by atoms with Gasteiger partial charge in [0.25, 0.3) is 0 Å². The summed E-state index contributed by atoms with van der Waals surface area (Å²) < 4.78 is 5.48. The Kier molecular flexibility index (Phi) is 21.9. The van der Waals surface area contributed by atoms with Crippen molar-refractivity contribution in [2.45, 2.75) is 150 Å². The second-order valence-corrected chi connectivity index (χ2v) is 19.6. The SMILES string of the molecule is C=C(C)C(=O)OCCCP(Cl)(CCCCCCCC)(CCCCCCCC)CCCCCCCC. The third-order valence-corrected chi connectivity index (χ3v) is 15.4. The van der Waals surface area contributed by atoms with Crippen LogP contribution in [0.25, 0.3) is 0 Å². The van der Waals surface area contributed by atoms with Gasteiger partial charge in [0.2, 0.25) is 0 Å². The van der Waals surface area contributed by atoms with E-state index in [1.165, 1.54) is 134 Å². The number of ether oxygens (including phenoxy) is 1. The number of carbonyl (C=O) groups excluding carboxylic acids is 1. The summed E-state index contributed by atoms with van der Waals surface area (Å²) in [7, 11) is 0. The monoisotopic (exact) mass is 532 g/mol. The van der Waals surface area contributed by atoms with Crippen molar-refractivity contribution in [2.24, 2.45) is 0 Å². The van der Waals surface area contributed by atoms with E-state index in [0.717, 1.165) is 12.6 Å². The molecule has 0 radical (unpaired) electrons. The number of rotatable bonds is 26. The Morgan fingerprint density at radius 2 is 0.914 bits per heavy atom. The molecule has 0 saturated carbocycles. The first-order valence-corrected chi connectivity index (χ1v) is 19.2. The van der Waals surface area contributed by atoms with E-state index in [0.29, 0.717) is 12.2 Å². The number of hydrogen-bond donors (Lipinski definition) is 0. The molecule has 0 fully saturated rings. The molecule has 210 valence electrons. The molecule has 0 aromatic rings. The topological polar surface area (TPSA) is 26.3 Å². The predicted molar refractivity (Wildman–Crippen MR) is 163 cm³/mol. The number of hydrogen-bond acceptors (Lipinski definition) is 2. The van der Waals surface area contributed by atoms with Gasteiger partial charge in [-0.1, -0.05) is 0 Å². The van der Waals surface area contributed by atoms with Crippen LogP contribution in [0.15, 0.2) is 12.2 Å². The van der Waals surface area contributed by atoms with Crippen molar-refractivity contribution in [3.8, 4) is 0 Å². The van der Waals surface area contributed by atoms with Gasteiger partial charge in [0.15, 0.2) is 0 Å². The molecule has 0 aliphatic heterocycles. The predicted octanol–water partition coefficient (Wildman–Crippen LogP) is 11.3. The number of unbranched alkanes of at least 4 members (excludes halogenated alkanes) is 15. The van der Waals surface area contributed by atoms with Crippen LogP contribution in [0.2, 0.25) is 0 Å². The van der Waals surface area contributed by atoms with E-state index in [4.69, 9.17) is 16.0 Å². The van der Waals surface area contributed by atoms with Gasteiger partial charge in [-0.25, -0.2) is 0 Å². The van der Waals surface area contributed by atoms with Crippen molar-refractivity contribution < 1.29 is 9.53 Å². The summed E-state index contributed by atoms with van der Waals surface area (Å²) >= 11 is 7.97. The van der Waals surface area contributed by atoms with Gasteiger partial charge in [0, 0.05) is 0 Å². The molecule has 0 aliphatic rings. The molecule has 0 aliphatic carbocycles. The van der Waals surface area contributed by atoms with Crippen LogP contribution < -0.4 is 0 Å². The Morgan fingerprint density at radius 3 is 1.26 bits per heavy atom. The van der Waals surface area contributed by atoms with E-state index in [-0.39, 0.29) is 5.97 Å². The molecule has 0 heterocycles. The first-order valence-electron chi connectivity index (χ1n) is 15.4. The van der Waals surface area contributed by atoms with Crippen LogP contribution >= 0.6 is 17.2 Å². The summed E-state index contributed by atoms with van der Waals surface area (Å²) in [5, 5.41) is 0. The molecule has 0 aromatic heterocycles. The second-order valence-electron chi connectivity index (χ2n) is 11.3. The van der Waals surface area contributed by atoms with E-state index in [2.05, 4.69) is 27.4 Å². The molecule has 0 unspecified atom stereocenters. The summed E-state index contributed by atoms with van der Waals surface area (Å²) in [6.07, 6.45) is 29.6. The van der Waals surface area contributed by atoms with Gasteiger partial charge in [-0.2, -0.15) is 0 Å². The van der Waals surface area contributed by atoms with Crippen molar-refractivity contribution in [3.05, 3.63) is 12.2 Å². The maximum absolute atomic E-state index is 11.9. The fraction of sp³-hybridized carbons (Fsp3) is 0.903. The molecule has 0 amide bonds. The van der Waals surface area contributed by atoms with Gasteiger partial charge in [0.1, 0.15) is 0 Å². The van der Waals surface area contributed by atoms with Gasteiger partial charge in [-0.3, -0.25) is 0 Å². The summed E-state index contributed by atoms with van der Waals surface area (Å²) in [6.45, 7) is 12.8. The Bertz CT molecular complexity index is 491. The summed E-state index contributed by atoms with van der Waals surface area (Å²) in [5.41, 5.74) is 0.486. The van der Waals surface area contributed by atoms with E-state index in [1.807, 2.05) is 0 Å². The van der Waals surface area contributed by atoms with E-state index < -0.39 is 5.96 Å². The average Bonchev–Trinajstić information content (AvgIpc) is 2.84. The minimum absolute atomic E-state index is 0.261. The molecular weight excluding hydrogens is 471 g/mol. The average molecular weight is 533 g/mol. The maximum atomic E-state index is 11.9. The molecule has 0 rings (SSSR count). The number of carbonyl (C=O) groups is 1. The van der Waals surface area contributed by atoms with Crippen molar-refractivity contribution in [1.29, 1.82) is 0 Å². The van der Waals surface area contributed by atoms with Crippen LogP contribution in [0.5, 0.6) is 0 Å². The first-order chi connectivity index (χ1) is 16.8. The Morgan fingerprint density at radius 1 is 0.600 bits per heavy atom. The fourth-order valence-electron chi connectivity index (χ4n) is 5.28. The molecule has 0 bridgehead atoms. The quantitative estimate of drug-likeness (QED) is 0.0479. The third kappa shape index (κ3) is 18.8. The third-order valence-electron chi connectivity index (χ3n) is 7.65. The zero-order valence-corrected chi connectivity index (χ0v) is 26.0. The number of esters is 1. The molecule has 4 heteroatoms. The van der Waals surface area contributed by atoms with Crippen LogP contribution in [0.3, 0.4) is 0 Å². The molecule has 0 N–H and O–H groups in total. The zero-order chi connectivity index (χ0) is 26.3. The fourth-order valence-corrected chi connectivity index (χ4v) is 12.0. The van der Waals surface area contributed by atoms with Gasteiger partial charge in [-0.05, 0) is 0 Å².